The Morgan fingerprint density at radius 3 is 2.80 bits per heavy atom. The number of imidazole rings is 1. The first-order chi connectivity index (χ1) is 7.19. The predicted octanol–water partition coefficient (Wildman–Crippen LogP) is 0.976. The summed E-state index contributed by atoms with van der Waals surface area (Å²) in [7, 11) is 5.74. The van der Waals surface area contributed by atoms with Crippen molar-refractivity contribution in [3.63, 3.8) is 0 Å². The van der Waals surface area contributed by atoms with E-state index >= 15 is 0 Å². The Balaban J connectivity index is 2.44. The first kappa shape index (κ1) is 12.2. The molecule has 0 saturated carbocycles. The highest BCUT2D eigenvalue weighted by Crippen LogP contribution is 2.07. The quantitative estimate of drug-likeness (QED) is 0.762. The second-order valence-corrected chi connectivity index (χ2v) is 3.83. The van der Waals surface area contributed by atoms with E-state index in [0.29, 0.717) is 6.04 Å². The van der Waals surface area contributed by atoms with Crippen LogP contribution in [0.4, 0.5) is 0 Å². The Kier molecular flexibility index (Phi) is 4.78. The van der Waals surface area contributed by atoms with Crippen LogP contribution in [0.1, 0.15) is 19.2 Å². The Morgan fingerprint density at radius 1 is 1.60 bits per heavy atom. The molecule has 0 fully saturated rings. The van der Waals surface area contributed by atoms with Crippen LogP contribution in [-0.4, -0.2) is 35.9 Å². The second-order valence-electron chi connectivity index (χ2n) is 3.83. The minimum atomic E-state index is 0.232. The standard InChI is InChI=1S/C11H21N3O/c1-9(15-4)10(12-2)5-6-11-13-7-8-14(11)3/h7-10,12H,5-6H2,1-4H3. The Bertz CT molecular complexity index is 285. The predicted molar refractivity (Wildman–Crippen MR) is 60.8 cm³/mol. The second kappa shape index (κ2) is 5.88. The number of ether oxygens (including phenoxy) is 1. The van der Waals surface area contributed by atoms with Crippen molar-refractivity contribution in [1.29, 1.82) is 0 Å². The lowest BCUT2D eigenvalue weighted by atomic mass is 10.1. The highest BCUT2D eigenvalue weighted by Gasteiger charge is 2.15. The first-order valence-corrected chi connectivity index (χ1v) is 5.35. The third kappa shape index (κ3) is 3.32. The zero-order valence-corrected chi connectivity index (χ0v) is 10.0. The van der Waals surface area contributed by atoms with Crippen molar-refractivity contribution in [2.24, 2.45) is 7.05 Å². The third-order valence-electron chi connectivity index (χ3n) is 2.91. The molecule has 0 spiro atoms. The summed E-state index contributed by atoms with van der Waals surface area (Å²) in [6, 6.07) is 0.381. The van der Waals surface area contributed by atoms with Gasteiger partial charge in [-0.25, -0.2) is 4.98 Å². The number of hydrogen-bond donors (Lipinski definition) is 1. The minimum absolute atomic E-state index is 0.232. The number of methoxy groups -OCH3 is 1. The molecular weight excluding hydrogens is 190 g/mol. The zero-order valence-electron chi connectivity index (χ0n) is 10.0. The summed E-state index contributed by atoms with van der Waals surface area (Å²) in [5.41, 5.74) is 0. The topological polar surface area (TPSA) is 39.1 Å². The SMILES string of the molecule is CNC(CCc1nccn1C)C(C)OC. The molecule has 0 aliphatic carbocycles. The van der Waals surface area contributed by atoms with Gasteiger partial charge in [-0.2, -0.15) is 0 Å². The average molecular weight is 211 g/mol. The van der Waals surface area contributed by atoms with Crippen LogP contribution in [0.15, 0.2) is 12.4 Å². The third-order valence-corrected chi connectivity index (χ3v) is 2.91. The molecule has 1 aromatic heterocycles. The first-order valence-electron chi connectivity index (χ1n) is 5.35. The number of aryl methyl sites for hydroxylation is 2. The van der Waals surface area contributed by atoms with Gasteiger partial charge < -0.3 is 14.6 Å². The van der Waals surface area contributed by atoms with Crippen LogP contribution >= 0.6 is 0 Å². The van der Waals surface area contributed by atoms with E-state index in [2.05, 4.69) is 21.8 Å². The van der Waals surface area contributed by atoms with E-state index in [1.54, 1.807) is 7.11 Å². The number of likely N-dealkylation sites (N-methyl/N-ethyl adjacent to an activating group) is 1. The van der Waals surface area contributed by atoms with Crippen LogP contribution in [-0.2, 0) is 18.2 Å². The molecular formula is C11H21N3O. The van der Waals surface area contributed by atoms with Gasteiger partial charge in [-0.05, 0) is 20.4 Å². The summed E-state index contributed by atoms with van der Waals surface area (Å²) in [4.78, 5) is 4.30. The molecule has 86 valence electrons. The van der Waals surface area contributed by atoms with Crippen LogP contribution in [0, 0.1) is 0 Å². The van der Waals surface area contributed by atoms with Crippen molar-refractivity contribution in [1.82, 2.24) is 14.9 Å². The van der Waals surface area contributed by atoms with E-state index in [1.807, 2.05) is 26.5 Å². The van der Waals surface area contributed by atoms with E-state index in [9.17, 15) is 0 Å². The van der Waals surface area contributed by atoms with Crippen LogP contribution in [0.25, 0.3) is 0 Å². The molecule has 1 heterocycles. The Hall–Kier alpha value is -0.870. The number of rotatable bonds is 6. The maximum atomic E-state index is 5.31. The summed E-state index contributed by atoms with van der Waals surface area (Å²) in [6.07, 6.45) is 6.06. The number of aromatic nitrogens is 2. The van der Waals surface area contributed by atoms with E-state index in [-0.39, 0.29) is 6.10 Å². The van der Waals surface area contributed by atoms with Crippen molar-refractivity contribution in [3.05, 3.63) is 18.2 Å². The molecule has 0 bridgehead atoms. The fourth-order valence-corrected chi connectivity index (χ4v) is 1.70. The van der Waals surface area contributed by atoms with Gasteiger partial charge in [0.15, 0.2) is 0 Å². The maximum absolute atomic E-state index is 5.31. The summed E-state index contributed by atoms with van der Waals surface area (Å²) < 4.78 is 7.37. The number of hydrogen-bond acceptors (Lipinski definition) is 3. The molecule has 2 atom stereocenters. The van der Waals surface area contributed by atoms with Crippen molar-refractivity contribution >= 4 is 0 Å². The van der Waals surface area contributed by atoms with Crippen LogP contribution < -0.4 is 5.32 Å². The average Bonchev–Trinajstić information content (AvgIpc) is 2.65. The molecule has 0 saturated heterocycles. The van der Waals surface area contributed by atoms with Gasteiger partial charge in [0.1, 0.15) is 5.82 Å². The van der Waals surface area contributed by atoms with Gasteiger partial charge in [0.05, 0.1) is 6.10 Å². The summed E-state index contributed by atoms with van der Waals surface area (Å²) in [5, 5.41) is 3.27. The van der Waals surface area contributed by atoms with Gasteiger partial charge in [0.2, 0.25) is 0 Å². The zero-order chi connectivity index (χ0) is 11.3. The monoisotopic (exact) mass is 211 g/mol. The largest absolute Gasteiger partial charge is 0.380 e. The van der Waals surface area contributed by atoms with E-state index in [1.165, 1.54) is 0 Å². The number of nitrogens with one attached hydrogen (secondary N) is 1. The molecule has 1 N–H and O–H groups in total. The minimum Gasteiger partial charge on any atom is -0.380 e. The molecule has 4 heteroatoms. The van der Waals surface area contributed by atoms with Crippen molar-refractivity contribution < 1.29 is 4.74 Å². The van der Waals surface area contributed by atoms with Gasteiger partial charge in [-0.15, -0.1) is 0 Å². The van der Waals surface area contributed by atoms with E-state index in [0.717, 1.165) is 18.7 Å². The molecule has 4 nitrogen and oxygen atoms in total. The molecule has 0 amide bonds. The Labute approximate surface area is 91.7 Å². The van der Waals surface area contributed by atoms with E-state index < -0.39 is 0 Å². The highest BCUT2D eigenvalue weighted by molar-refractivity contribution is 4.92. The fraction of sp³-hybridized carbons (Fsp3) is 0.727. The normalized spacial score (nSPS) is 15.2. The summed E-state index contributed by atoms with van der Waals surface area (Å²) in [5.74, 6) is 1.12. The lowest BCUT2D eigenvalue weighted by Crippen LogP contribution is -2.37. The highest BCUT2D eigenvalue weighted by atomic mass is 16.5. The smallest absolute Gasteiger partial charge is 0.108 e. The summed E-state index contributed by atoms with van der Waals surface area (Å²) in [6.45, 7) is 2.08. The molecule has 1 rings (SSSR count). The van der Waals surface area contributed by atoms with Crippen molar-refractivity contribution in [3.8, 4) is 0 Å². The van der Waals surface area contributed by atoms with Gasteiger partial charge in [-0.1, -0.05) is 0 Å². The van der Waals surface area contributed by atoms with Crippen molar-refractivity contribution in [2.45, 2.75) is 31.9 Å². The fourth-order valence-electron chi connectivity index (χ4n) is 1.70. The molecule has 0 aliphatic heterocycles. The lowest BCUT2D eigenvalue weighted by molar-refractivity contribution is 0.0826. The van der Waals surface area contributed by atoms with Crippen LogP contribution in [0.3, 0.4) is 0 Å². The lowest BCUT2D eigenvalue weighted by Gasteiger charge is -2.22. The molecule has 0 aliphatic rings. The van der Waals surface area contributed by atoms with Crippen LogP contribution in [0.5, 0.6) is 0 Å². The molecule has 0 aromatic carbocycles. The molecule has 2 unspecified atom stereocenters. The van der Waals surface area contributed by atoms with Crippen molar-refractivity contribution in [2.75, 3.05) is 14.2 Å². The van der Waals surface area contributed by atoms with Gasteiger partial charge >= 0.3 is 0 Å². The number of nitrogens with zero attached hydrogens (tertiary/aromatic N) is 2. The summed E-state index contributed by atoms with van der Waals surface area (Å²) >= 11 is 0. The molecule has 15 heavy (non-hydrogen) atoms. The van der Waals surface area contributed by atoms with Gasteiger partial charge in [0, 0.05) is 39.0 Å². The maximum Gasteiger partial charge on any atom is 0.108 e. The molecule has 1 aromatic rings. The van der Waals surface area contributed by atoms with Crippen LogP contribution in [0.2, 0.25) is 0 Å². The van der Waals surface area contributed by atoms with E-state index in [4.69, 9.17) is 4.74 Å². The Morgan fingerprint density at radius 2 is 2.33 bits per heavy atom. The van der Waals surface area contributed by atoms with Gasteiger partial charge in [-0.3, -0.25) is 0 Å². The van der Waals surface area contributed by atoms with Gasteiger partial charge in [0.25, 0.3) is 0 Å². The molecule has 0 radical (unpaired) electrons.